The predicted octanol–water partition coefficient (Wildman–Crippen LogP) is 3.48. The molecule has 106 valence electrons. The summed E-state index contributed by atoms with van der Waals surface area (Å²) >= 11 is 1.36. The van der Waals surface area contributed by atoms with E-state index in [-0.39, 0.29) is 0 Å². The highest BCUT2D eigenvalue weighted by Crippen LogP contribution is 2.37. The Morgan fingerprint density at radius 3 is 2.15 bits per heavy atom. The Hall–Kier alpha value is -0.975. The van der Waals surface area contributed by atoms with Gasteiger partial charge in [0.25, 0.3) is 0 Å². The van der Waals surface area contributed by atoms with Gasteiger partial charge < -0.3 is 9.31 Å². The van der Waals surface area contributed by atoms with Crippen LogP contribution in [-0.4, -0.2) is 18.3 Å². The predicted molar refractivity (Wildman–Crippen MR) is 77.5 cm³/mol. The van der Waals surface area contributed by atoms with E-state index in [1.54, 1.807) is 0 Å². The van der Waals surface area contributed by atoms with Crippen LogP contribution < -0.4 is 5.46 Å². The first kappa shape index (κ1) is 14.0. The fourth-order valence-electron chi connectivity index (χ4n) is 2.19. The number of benzene rings is 1. The van der Waals surface area contributed by atoms with Crippen molar-refractivity contribution < 1.29 is 18.1 Å². The van der Waals surface area contributed by atoms with Crippen LogP contribution in [0.5, 0.6) is 0 Å². The Balaban J connectivity index is 2.06. The zero-order valence-electron chi connectivity index (χ0n) is 11.8. The Kier molecular flexibility index (Phi) is 2.98. The van der Waals surface area contributed by atoms with Gasteiger partial charge in [-0.25, -0.2) is 8.78 Å². The molecule has 0 bridgehead atoms. The van der Waals surface area contributed by atoms with E-state index in [0.29, 0.717) is 10.1 Å². The molecular formula is C14H15BF2O2S. The smallest absolute Gasteiger partial charge is 0.399 e. The molecular weight excluding hydrogens is 281 g/mol. The van der Waals surface area contributed by atoms with E-state index in [0.717, 1.165) is 5.46 Å². The number of hydrogen-bond acceptors (Lipinski definition) is 3. The highest BCUT2D eigenvalue weighted by Gasteiger charge is 2.52. The highest BCUT2D eigenvalue weighted by molar-refractivity contribution is 7.18. The van der Waals surface area contributed by atoms with E-state index in [2.05, 4.69) is 0 Å². The molecule has 2 nitrogen and oxygen atoms in total. The first-order valence-corrected chi connectivity index (χ1v) is 7.31. The lowest BCUT2D eigenvalue weighted by molar-refractivity contribution is 0.00578. The minimum atomic E-state index is -0.853. The van der Waals surface area contributed by atoms with Crippen LogP contribution in [0.1, 0.15) is 27.7 Å². The molecule has 1 aromatic heterocycles. The van der Waals surface area contributed by atoms with Crippen molar-refractivity contribution in [3.05, 3.63) is 29.1 Å². The van der Waals surface area contributed by atoms with Crippen LogP contribution in [0.15, 0.2) is 17.5 Å². The van der Waals surface area contributed by atoms with Crippen LogP contribution >= 0.6 is 11.3 Å². The van der Waals surface area contributed by atoms with Crippen molar-refractivity contribution in [2.24, 2.45) is 0 Å². The number of halogens is 2. The summed E-state index contributed by atoms with van der Waals surface area (Å²) in [6.45, 7) is 7.84. The summed E-state index contributed by atoms with van der Waals surface area (Å²) in [5.41, 5.74) is -0.155. The molecule has 6 heteroatoms. The van der Waals surface area contributed by atoms with Crippen LogP contribution in [0, 0.1) is 11.6 Å². The van der Waals surface area contributed by atoms with Crippen LogP contribution in [0.4, 0.5) is 8.78 Å². The normalized spacial score (nSPS) is 20.8. The van der Waals surface area contributed by atoms with Crippen molar-refractivity contribution in [2.45, 2.75) is 38.9 Å². The van der Waals surface area contributed by atoms with Crippen molar-refractivity contribution in [1.29, 1.82) is 0 Å². The van der Waals surface area contributed by atoms with Crippen molar-refractivity contribution in [3.8, 4) is 0 Å². The monoisotopic (exact) mass is 296 g/mol. The molecule has 1 fully saturated rings. The number of thiophene rings is 1. The summed E-state index contributed by atoms with van der Waals surface area (Å²) in [5, 5.41) is 2.48. The molecule has 2 heterocycles. The van der Waals surface area contributed by atoms with Gasteiger partial charge in [-0.2, -0.15) is 0 Å². The van der Waals surface area contributed by atoms with Crippen LogP contribution in [0.3, 0.4) is 0 Å². The van der Waals surface area contributed by atoms with Crippen LogP contribution in [-0.2, 0) is 9.31 Å². The summed E-state index contributed by atoms with van der Waals surface area (Å²) in [7, 11) is -0.557. The van der Waals surface area contributed by atoms with E-state index in [1.165, 1.54) is 23.5 Å². The van der Waals surface area contributed by atoms with Crippen LogP contribution in [0.2, 0.25) is 0 Å². The van der Waals surface area contributed by atoms with Crippen molar-refractivity contribution in [2.75, 3.05) is 0 Å². The average Bonchev–Trinajstić information content (AvgIpc) is 2.79. The Morgan fingerprint density at radius 2 is 1.55 bits per heavy atom. The van der Waals surface area contributed by atoms with Gasteiger partial charge in [0.05, 0.1) is 11.2 Å². The fourth-order valence-corrected chi connectivity index (χ4v) is 3.16. The standard InChI is InChI=1S/C14H15BF2O2S/c1-13(2)14(3,4)19-15(18-13)9-7-20-12-6-11(17)10(16)5-8(9)12/h5-7H,1-4H3. The zero-order chi connectivity index (χ0) is 14.7. The molecule has 0 aliphatic carbocycles. The minimum absolute atomic E-state index is 0.454. The molecule has 0 unspecified atom stereocenters. The fraction of sp³-hybridized carbons (Fsp3) is 0.429. The third-order valence-corrected chi connectivity index (χ3v) is 5.12. The summed E-state index contributed by atoms with van der Waals surface area (Å²) in [6, 6.07) is 2.42. The maximum absolute atomic E-state index is 13.4. The zero-order valence-corrected chi connectivity index (χ0v) is 12.6. The summed E-state index contributed by atoms with van der Waals surface area (Å²) in [4.78, 5) is 0. The molecule has 2 aromatic rings. The van der Waals surface area contributed by atoms with Crippen molar-refractivity contribution in [3.63, 3.8) is 0 Å². The number of hydrogen-bond donors (Lipinski definition) is 0. The lowest BCUT2D eigenvalue weighted by Crippen LogP contribution is -2.41. The van der Waals surface area contributed by atoms with Gasteiger partial charge in [-0.3, -0.25) is 0 Å². The minimum Gasteiger partial charge on any atom is -0.399 e. The molecule has 0 spiro atoms. The first-order valence-electron chi connectivity index (χ1n) is 6.43. The molecule has 3 rings (SSSR count). The molecule has 0 N–H and O–H groups in total. The second-order valence-electron chi connectivity index (χ2n) is 6.04. The van der Waals surface area contributed by atoms with E-state index < -0.39 is 30.0 Å². The second-order valence-corrected chi connectivity index (χ2v) is 6.95. The maximum Gasteiger partial charge on any atom is 0.496 e. The highest BCUT2D eigenvalue weighted by atomic mass is 32.1. The van der Waals surface area contributed by atoms with Crippen molar-refractivity contribution >= 4 is 34.0 Å². The molecule has 1 aliphatic rings. The largest absolute Gasteiger partial charge is 0.496 e. The van der Waals surface area contributed by atoms with Gasteiger partial charge in [0.2, 0.25) is 0 Å². The molecule has 20 heavy (non-hydrogen) atoms. The van der Waals surface area contributed by atoms with Crippen LogP contribution in [0.25, 0.3) is 10.1 Å². The average molecular weight is 296 g/mol. The summed E-state index contributed by atoms with van der Waals surface area (Å²) < 4.78 is 39.3. The van der Waals surface area contributed by atoms with Gasteiger partial charge in [-0.15, -0.1) is 11.3 Å². The van der Waals surface area contributed by atoms with Gasteiger partial charge >= 0.3 is 7.12 Å². The summed E-state index contributed by atoms with van der Waals surface area (Å²) in [6.07, 6.45) is 0. The molecule has 1 aromatic carbocycles. The third kappa shape index (κ3) is 1.98. The van der Waals surface area contributed by atoms with Crippen molar-refractivity contribution in [1.82, 2.24) is 0 Å². The quantitative estimate of drug-likeness (QED) is 0.750. The van der Waals surface area contributed by atoms with E-state index in [1.807, 2.05) is 33.1 Å². The lowest BCUT2D eigenvalue weighted by Gasteiger charge is -2.32. The molecule has 1 saturated heterocycles. The molecule has 0 atom stereocenters. The van der Waals surface area contributed by atoms with Gasteiger partial charge in [-0.1, -0.05) is 0 Å². The van der Waals surface area contributed by atoms with Gasteiger partial charge in [0.1, 0.15) is 0 Å². The van der Waals surface area contributed by atoms with E-state index in [4.69, 9.17) is 9.31 Å². The number of fused-ring (bicyclic) bond motifs is 1. The second kappa shape index (κ2) is 4.26. The van der Waals surface area contributed by atoms with Gasteiger partial charge in [0, 0.05) is 10.2 Å². The summed E-state index contributed by atoms with van der Waals surface area (Å²) in [5.74, 6) is -1.69. The molecule has 0 radical (unpaired) electrons. The molecule has 0 saturated carbocycles. The molecule has 1 aliphatic heterocycles. The number of rotatable bonds is 1. The third-order valence-electron chi connectivity index (χ3n) is 4.15. The van der Waals surface area contributed by atoms with Gasteiger partial charge in [-0.05, 0) is 50.6 Å². The topological polar surface area (TPSA) is 18.5 Å². The Bertz CT molecular complexity index is 665. The SMILES string of the molecule is CC1(C)OB(c2csc3cc(F)c(F)cc23)OC1(C)C. The Morgan fingerprint density at radius 1 is 1.00 bits per heavy atom. The van der Waals surface area contributed by atoms with E-state index in [9.17, 15) is 8.78 Å². The lowest BCUT2D eigenvalue weighted by atomic mass is 9.79. The molecule has 0 amide bonds. The van der Waals surface area contributed by atoms with E-state index >= 15 is 0 Å². The first-order chi connectivity index (χ1) is 9.21. The maximum atomic E-state index is 13.4. The Labute approximate surface area is 120 Å². The van der Waals surface area contributed by atoms with Gasteiger partial charge in [0.15, 0.2) is 11.6 Å².